The summed E-state index contributed by atoms with van der Waals surface area (Å²) >= 11 is 0. The Bertz CT molecular complexity index is 314. The fraction of sp³-hybridized carbons (Fsp3) is 0.818. The fourth-order valence-corrected chi connectivity index (χ4v) is 2.47. The van der Waals surface area contributed by atoms with Gasteiger partial charge in [-0.1, -0.05) is 13.8 Å². The van der Waals surface area contributed by atoms with Gasteiger partial charge in [-0.2, -0.15) is 0 Å². The molecule has 0 heterocycles. The van der Waals surface area contributed by atoms with Crippen LogP contribution >= 0.6 is 0 Å². The average molecular weight is 228 g/mol. The third-order valence-electron chi connectivity index (χ3n) is 4.14. The number of urea groups is 1. The van der Waals surface area contributed by atoms with Gasteiger partial charge >= 0.3 is 12.0 Å². The van der Waals surface area contributed by atoms with Crippen molar-refractivity contribution < 1.29 is 14.7 Å². The van der Waals surface area contributed by atoms with Crippen LogP contribution < -0.4 is 10.6 Å². The van der Waals surface area contributed by atoms with Gasteiger partial charge in [-0.05, 0) is 19.8 Å². The highest BCUT2D eigenvalue weighted by atomic mass is 16.4. The maximum absolute atomic E-state index is 11.4. The molecule has 1 saturated carbocycles. The lowest BCUT2D eigenvalue weighted by Gasteiger charge is -2.40. The molecule has 0 saturated heterocycles. The molecule has 1 fully saturated rings. The van der Waals surface area contributed by atoms with Crippen molar-refractivity contribution in [2.24, 2.45) is 11.3 Å². The zero-order valence-electron chi connectivity index (χ0n) is 10.3. The summed E-state index contributed by atoms with van der Waals surface area (Å²) in [5, 5.41) is 14.5. The summed E-state index contributed by atoms with van der Waals surface area (Å²) in [5.41, 5.74) is -0.929. The van der Waals surface area contributed by atoms with E-state index in [1.54, 1.807) is 7.05 Å². The molecule has 0 spiro atoms. The number of carboxylic acids is 1. The lowest BCUT2D eigenvalue weighted by molar-refractivity contribution is -0.145. The molecule has 0 aromatic rings. The summed E-state index contributed by atoms with van der Waals surface area (Å²) in [6, 6.07) is -0.262. The molecule has 2 atom stereocenters. The summed E-state index contributed by atoms with van der Waals surface area (Å²) < 4.78 is 0. The Morgan fingerprint density at radius 1 is 1.31 bits per heavy atom. The van der Waals surface area contributed by atoms with Gasteiger partial charge in [0.1, 0.15) is 0 Å². The van der Waals surface area contributed by atoms with E-state index in [9.17, 15) is 9.59 Å². The summed E-state index contributed by atoms with van der Waals surface area (Å²) in [4.78, 5) is 22.5. The van der Waals surface area contributed by atoms with Gasteiger partial charge < -0.3 is 15.7 Å². The van der Waals surface area contributed by atoms with Gasteiger partial charge in [0.25, 0.3) is 0 Å². The van der Waals surface area contributed by atoms with Gasteiger partial charge in [0, 0.05) is 18.0 Å². The van der Waals surface area contributed by atoms with Crippen LogP contribution in [-0.4, -0.2) is 29.7 Å². The lowest BCUT2D eigenvalue weighted by atomic mass is 9.71. The quantitative estimate of drug-likeness (QED) is 0.664. The fourth-order valence-electron chi connectivity index (χ4n) is 2.47. The molecule has 16 heavy (non-hydrogen) atoms. The number of amides is 2. The largest absolute Gasteiger partial charge is 0.481 e. The van der Waals surface area contributed by atoms with Crippen molar-refractivity contribution >= 4 is 12.0 Å². The molecule has 3 N–H and O–H groups in total. The van der Waals surface area contributed by atoms with Crippen LogP contribution in [-0.2, 0) is 4.79 Å². The second-order valence-electron chi connectivity index (χ2n) is 5.19. The third kappa shape index (κ3) is 1.86. The third-order valence-corrected chi connectivity index (χ3v) is 4.14. The maximum Gasteiger partial charge on any atom is 0.314 e. The molecule has 0 bridgehead atoms. The van der Waals surface area contributed by atoms with Crippen molar-refractivity contribution in [3.8, 4) is 0 Å². The molecule has 2 amide bonds. The second kappa shape index (κ2) is 3.96. The Hall–Kier alpha value is -1.26. The highest BCUT2D eigenvalue weighted by molar-refractivity contribution is 5.76. The molecule has 1 aliphatic rings. The van der Waals surface area contributed by atoms with Gasteiger partial charge in [0.05, 0.1) is 5.92 Å². The van der Waals surface area contributed by atoms with Gasteiger partial charge in [0.15, 0.2) is 0 Å². The van der Waals surface area contributed by atoms with Crippen molar-refractivity contribution in [2.45, 2.75) is 39.2 Å². The minimum Gasteiger partial charge on any atom is -0.481 e. The first-order valence-corrected chi connectivity index (χ1v) is 5.47. The molecule has 0 radical (unpaired) electrons. The van der Waals surface area contributed by atoms with Gasteiger partial charge in [0.2, 0.25) is 0 Å². The number of hydrogen-bond donors (Lipinski definition) is 3. The van der Waals surface area contributed by atoms with Crippen LogP contribution in [0.5, 0.6) is 0 Å². The number of hydrogen-bond acceptors (Lipinski definition) is 2. The number of carboxylic acid groups (broad SMARTS) is 1. The zero-order valence-corrected chi connectivity index (χ0v) is 10.3. The molecule has 1 aliphatic carbocycles. The van der Waals surface area contributed by atoms with Crippen LogP contribution in [0, 0.1) is 11.3 Å². The lowest BCUT2D eigenvalue weighted by Crippen LogP contribution is -2.57. The monoisotopic (exact) mass is 228 g/mol. The van der Waals surface area contributed by atoms with E-state index in [1.807, 2.05) is 20.8 Å². The van der Waals surface area contributed by atoms with Crippen molar-refractivity contribution in [3.63, 3.8) is 0 Å². The van der Waals surface area contributed by atoms with E-state index in [-0.39, 0.29) is 6.03 Å². The Morgan fingerprint density at radius 2 is 1.88 bits per heavy atom. The van der Waals surface area contributed by atoms with Crippen LogP contribution in [0.25, 0.3) is 0 Å². The minimum absolute atomic E-state index is 0.262. The number of nitrogens with one attached hydrogen (secondary N) is 2. The second-order valence-corrected chi connectivity index (χ2v) is 5.19. The SMILES string of the molecule is CNC(=O)NC1(C)CCC(C(=O)O)C1(C)C. The molecular weight excluding hydrogens is 208 g/mol. The summed E-state index contributed by atoms with van der Waals surface area (Å²) in [6.45, 7) is 5.70. The van der Waals surface area contributed by atoms with Gasteiger partial charge in [-0.25, -0.2) is 4.79 Å². The number of carbonyl (C=O) groups is 2. The molecule has 0 aliphatic heterocycles. The van der Waals surface area contributed by atoms with Crippen LogP contribution in [0.3, 0.4) is 0 Å². The first kappa shape index (κ1) is 12.8. The summed E-state index contributed by atoms with van der Waals surface area (Å²) in [5.74, 6) is -1.19. The molecule has 1 rings (SSSR count). The molecule has 5 heteroatoms. The highest BCUT2D eigenvalue weighted by Crippen LogP contribution is 2.50. The van der Waals surface area contributed by atoms with Crippen molar-refractivity contribution in [1.29, 1.82) is 0 Å². The number of carbonyl (C=O) groups excluding carboxylic acids is 1. The topological polar surface area (TPSA) is 78.4 Å². The Morgan fingerprint density at radius 3 is 2.25 bits per heavy atom. The molecule has 92 valence electrons. The molecular formula is C11H20N2O3. The Labute approximate surface area is 95.6 Å². The van der Waals surface area contributed by atoms with Crippen LogP contribution in [0.4, 0.5) is 4.79 Å². The Kier molecular flexibility index (Phi) is 3.17. The predicted octanol–water partition coefficient (Wildman–Crippen LogP) is 1.19. The van der Waals surface area contributed by atoms with E-state index in [0.717, 1.165) is 0 Å². The van der Waals surface area contributed by atoms with E-state index >= 15 is 0 Å². The van der Waals surface area contributed by atoms with Crippen LogP contribution in [0.2, 0.25) is 0 Å². The summed E-state index contributed by atoms with van der Waals surface area (Å²) in [7, 11) is 1.55. The number of rotatable bonds is 2. The summed E-state index contributed by atoms with van der Waals surface area (Å²) in [6.07, 6.45) is 1.28. The normalized spacial score (nSPS) is 32.1. The van der Waals surface area contributed by atoms with E-state index in [0.29, 0.717) is 12.8 Å². The van der Waals surface area contributed by atoms with Crippen LogP contribution in [0.1, 0.15) is 33.6 Å². The van der Waals surface area contributed by atoms with E-state index in [2.05, 4.69) is 10.6 Å². The molecule has 0 aromatic heterocycles. The molecule has 5 nitrogen and oxygen atoms in total. The maximum atomic E-state index is 11.4. The zero-order chi connectivity index (χ0) is 12.6. The highest BCUT2D eigenvalue weighted by Gasteiger charge is 2.55. The molecule has 0 aromatic carbocycles. The first-order chi connectivity index (χ1) is 7.24. The van der Waals surface area contributed by atoms with Gasteiger partial charge in [-0.15, -0.1) is 0 Å². The smallest absolute Gasteiger partial charge is 0.314 e. The molecule has 2 unspecified atom stereocenters. The predicted molar refractivity (Wildman–Crippen MR) is 60.1 cm³/mol. The van der Waals surface area contributed by atoms with Gasteiger partial charge in [-0.3, -0.25) is 4.79 Å². The average Bonchev–Trinajstić information content (AvgIpc) is 2.38. The van der Waals surface area contributed by atoms with E-state index < -0.39 is 22.8 Å². The van der Waals surface area contributed by atoms with Crippen molar-refractivity contribution in [3.05, 3.63) is 0 Å². The van der Waals surface area contributed by atoms with Crippen molar-refractivity contribution in [2.75, 3.05) is 7.05 Å². The number of aliphatic carboxylic acids is 1. The first-order valence-electron chi connectivity index (χ1n) is 5.47. The van der Waals surface area contributed by atoms with E-state index in [4.69, 9.17) is 5.11 Å². The standard InChI is InChI=1S/C11H20N2O3/c1-10(2)7(8(14)15)5-6-11(10,3)13-9(16)12-4/h7H,5-6H2,1-4H3,(H,14,15)(H2,12,13,16). The minimum atomic E-state index is -0.785. The van der Waals surface area contributed by atoms with E-state index in [1.165, 1.54) is 0 Å². The van der Waals surface area contributed by atoms with Crippen molar-refractivity contribution in [1.82, 2.24) is 10.6 Å². The Balaban J connectivity index is 2.91. The van der Waals surface area contributed by atoms with Crippen LogP contribution in [0.15, 0.2) is 0 Å².